The van der Waals surface area contributed by atoms with Crippen LogP contribution in [0.25, 0.3) is 0 Å². The van der Waals surface area contributed by atoms with E-state index >= 15 is 0 Å². The lowest BCUT2D eigenvalue weighted by Crippen LogP contribution is -2.53. The third-order valence-corrected chi connectivity index (χ3v) is 4.62. The summed E-state index contributed by atoms with van der Waals surface area (Å²) in [5.74, 6) is -2.52. The molecule has 0 aliphatic heterocycles. The number of para-hydroxylation sites is 1. The fraction of sp³-hybridized carbons (Fsp3) is 0.304. The average molecular weight is 456 g/mol. The first-order valence-corrected chi connectivity index (χ1v) is 10.4. The summed E-state index contributed by atoms with van der Waals surface area (Å²) in [6.07, 6.45) is 0.603. The SMILES string of the molecule is O=C(CCc1ccccc1)N[C@@H](CO)C(=O)NCC(=O)N[C@@H](CO)C(=O)Nc1ccccc1. The van der Waals surface area contributed by atoms with Crippen LogP contribution in [0.4, 0.5) is 5.69 Å². The third kappa shape index (κ3) is 9.09. The molecule has 176 valence electrons. The summed E-state index contributed by atoms with van der Waals surface area (Å²) < 4.78 is 0. The molecule has 10 heteroatoms. The van der Waals surface area contributed by atoms with E-state index in [1.165, 1.54) is 0 Å². The van der Waals surface area contributed by atoms with E-state index in [0.717, 1.165) is 5.56 Å². The van der Waals surface area contributed by atoms with Crippen molar-refractivity contribution in [1.29, 1.82) is 0 Å². The zero-order chi connectivity index (χ0) is 24.1. The van der Waals surface area contributed by atoms with Crippen LogP contribution in [0.5, 0.6) is 0 Å². The molecule has 2 atom stereocenters. The zero-order valence-electron chi connectivity index (χ0n) is 18.0. The Kier molecular flexibility index (Phi) is 10.5. The fourth-order valence-electron chi connectivity index (χ4n) is 2.84. The van der Waals surface area contributed by atoms with Gasteiger partial charge in [-0.15, -0.1) is 0 Å². The van der Waals surface area contributed by atoms with Crippen LogP contribution < -0.4 is 21.3 Å². The number of rotatable bonds is 12. The van der Waals surface area contributed by atoms with Crippen molar-refractivity contribution in [1.82, 2.24) is 16.0 Å². The van der Waals surface area contributed by atoms with Gasteiger partial charge in [-0.1, -0.05) is 48.5 Å². The van der Waals surface area contributed by atoms with Gasteiger partial charge >= 0.3 is 0 Å². The van der Waals surface area contributed by atoms with Gasteiger partial charge in [-0.3, -0.25) is 19.2 Å². The Hall–Kier alpha value is -3.76. The molecule has 33 heavy (non-hydrogen) atoms. The predicted octanol–water partition coefficient (Wildman–Crippen LogP) is -0.672. The van der Waals surface area contributed by atoms with E-state index in [2.05, 4.69) is 21.3 Å². The maximum atomic E-state index is 12.2. The number of hydrogen-bond donors (Lipinski definition) is 6. The standard InChI is InChI=1S/C23H28N4O6/c28-14-18(26-20(30)12-11-16-7-3-1-4-8-16)22(32)24-13-21(31)27-19(15-29)23(33)25-17-9-5-2-6-10-17/h1-10,18-19,28-29H,11-15H2,(H,24,32)(H,25,33)(H,26,30)(H,27,31)/t18-,19-/m0/s1. The molecule has 2 rings (SSSR count). The largest absolute Gasteiger partial charge is 0.394 e. The molecule has 0 saturated heterocycles. The minimum atomic E-state index is -1.23. The molecular formula is C23H28N4O6. The molecule has 0 saturated carbocycles. The fourth-order valence-corrected chi connectivity index (χ4v) is 2.84. The van der Waals surface area contributed by atoms with E-state index in [1.54, 1.807) is 30.3 Å². The van der Waals surface area contributed by atoms with Gasteiger partial charge in [-0.05, 0) is 24.1 Å². The van der Waals surface area contributed by atoms with Gasteiger partial charge in [0.15, 0.2) is 0 Å². The molecule has 0 unspecified atom stereocenters. The zero-order valence-corrected chi connectivity index (χ0v) is 18.0. The lowest BCUT2D eigenvalue weighted by atomic mass is 10.1. The number of hydrogen-bond acceptors (Lipinski definition) is 6. The maximum Gasteiger partial charge on any atom is 0.249 e. The Morgan fingerprint density at radius 1 is 0.727 bits per heavy atom. The molecule has 0 spiro atoms. The lowest BCUT2D eigenvalue weighted by Gasteiger charge is -2.18. The molecule has 0 aliphatic carbocycles. The monoisotopic (exact) mass is 456 g/mol. The van der Waals surface area contributed by atoms with Crippen LogP contribution in [0.2, 0.25) is 0 Å². The Morgan fingerprint density at radius 3 is 1.88 bits per heavy atom. The summed E-state index contributed by atoms with van der Waals surface area (Å²) in [7, 11) is 0. The van der Waals surface area contributed by atoms with Crippen LogP contribution in [0, 0.1) is 0 Å². The van der Waals surface area contributed by atoms with E-state index in [4.69, 9.17) is 0 Å². The van der Waals surface area contributed by atoms with E-state index in [9.17, 15) is 29.4 Å². The second-order valence-corrected chi connectivity index (χ2v) is 7.16. The highest BCUT2D eigenvalue weighted by atomic mass is 16.3. The summed E-state index contributed by atoms with van der Waals surface area (Å²) in [6, 6.07) is 15.4. The molecule has 2 aromatic rings. The number of aliphatic hydroxyl groups excluding tert-OH is 2. The van der Waals surface area contributed by atoms with Crippen LogP contribution in [0.1, 0.15) is 12.0 Å². The van der Waals surface area contributed by atoms with Crippen molar-refractivity contribution in [2.45, 2.75) is 24.9 Å². The summed E-state index contributed by atoms with van der Waals surface area (Å²) in [5.41, 5.74) is 1.46. The molecule has 0 fully saturated rings. The van der Waals surface area contributed by atoms with E-state index in [-0.39, 0.29) is 6.42 Å². The normalized spacial score (nSPS) is 12.2. The second-order valence-electron chi connectivity index (χ2n) is 7.16. The topological polar surface area (TPSA) is 157 Å². The van der Waals surface area contributed by atoms with E-state index in [1.807, 2.05) is 30.3 Å². The molecule has 0 aromatic heterocycles. The first-order chi connectivity index (χ1) is 15.9. The number of aliphatic hydroxyl groups is 2. The summed E-state index contributed by atoms with van der Waals surface area (Å²) >= 11 is 0. The molecular weight excluding hydrogens is 428 g/mol. The van der Waals surface area contributed by atoms with Gasteiger partial charge in [0.1, 0.15) is 12.1 Å². The third-order valence-electron chi connectivity index (χ3n) is 4.62. The van der Waals surface area contributed by atoms with Crippen LogP contribution in [-0.2, 0) is 25.6 Å². The Bertz CT molecular complexity index is 923. The number of amides is 4. The van der Waals surface area contributed by atoms with E-state index in [0.29, 0.717) is 12.1 Å². The number of anilines is 1. The number of carbonyl (C=O) groups is 4. The maximum absolute atomic E-state index is 12.2. The Morgan fingerprint density at radius 2 is 1.27 bits per heavy atom. The van der Waals surface area contributed by atoms with Crippen molar-refractivity contribution < 1.29 is 29.4 Å². The van der Waals surface area contributed by atoms with E-state index < -0.39 is 55.5 Å². The van der Waals surface area contributed by atoms with Gasteiger partial charge < -0.3 is 31.5 Å². The van der Waals surface area contributed by atoms with Gasteiger partial charge in [0, 0.05) is 12.1 Å². The molecule has 0 heterocycles. The minimum absolute atomic E-state index is 0.128. The van der Waals surface area contributed by atoms with Crippen molar-refractivity contribution in [3.05, 3.63) is 66.2 Å². The molecule has 2 aromatic carbocycles. The van der Waals surface area contributed by atoms with Gasteiger partial charge in [-0.2, -0.15) is 0 Å². The van der Waals surface area contributed by atoms with Gasteiger partial charge in [0.2, 0.25) is 23.6 Å². The quantitative estimate of drug-likeness (QED) is 0.249. The molecule has 0 radical (unpaired) electrons. The average Bonchev–Trinajstić information content (AvgIpc) is 2.84. The van der Waals surface area contributed by atoms with Crippen LogP contribution in [0.15, 0.2) is 60.7 Å². The molecule has 10 nitrogen and oxygen atoms in total. The number of benzene rings is 2. The van der Waals surface area contributed by atoms with Crippen LogP contribution >= 0.6 is 0 Å². The van der Waals surface area contributed by atoms with Crippen molar-refractivity contribution in [2.24, 2.45) is 0 Å². The minimum Gasteiger partial charge on any atom is -0.394 e. The van der Waals surface area contributed by atoms with Gasteiger partial charge in [0.25, 0.3) is 0 Å². The van der Waals surface area contributed by atoms with Crippen molar-refractivity contribution in [2.75, 3.05) is 25.1 Å². The number of nitrogens with one attached hydrogen (secondary N) is 4. The molecule has 0 bridgehead atoms. The van der Waals surface area contributed by atoms with Crippen molar-refractivity contribution >= 4 is 29.3 Å². The number of aryl methyl sites for hydroxylation is 1. The predicted molar refractivity (Wildman–Crippen MR) is 121 cm³/mol. The molecule has 0 aliphatic rings. The van der Waals surface area contributed by atoms with Crippen molar-refractivity contribution in [3.63, 3.8) is 0 Å². The highest BCUT2D eigenvalue weighted by molar-refractivity contribution is 5.98. The second kappa shape index (κ2) is 13.6. The highest BCUT2D eigenvalue weighted by Gasteiger charge is 2.23. The Labute approximate surface area is 191 Å². The first kappa shape index (κ1) is 25.5. The van der Waals surface area contributed by atoms with Crippen LogP contribution in [-0.4, -0.2) is 65.7 Å². The van der Waals surface area contributed by atoms with Crippen molar-refractivity contribution in [3.8, 4) is 0 Å². The summed E-state index contributed by atoms with van der Waals surface area (Å²) in [5, 5.41) is 28.4. The van der Waals surface area contributed by atoms with Gasteiger partial charge in [0.05, 0.1) is 19.8 Å². The number of carbonyl (C=O) groups excluding carboxylic acids is 4. The summed E-state index contributed by atoms with van der Waals surface area (Å²) in [6.45, 7) is -1.80. The molecule has 4 amide bonds. The Balaban J connectivity index is 1.76. The lowest BCUT2D eigenvalue weighted by molar-refractivity contribution is -0.132. The molecule has 6 N–H and O–H groups in total. The highest BCUT2D eigenvalue weighted by Crippen LogP contribution is 2.05. The smallest absolute Gasteiger partial charge is 0.249 e. The van der Waals surface area contributed by atoms with Crippen LogP contribution in [0.3, 0.4) is 0 Å². The summed E-state index contributed by atoms with van der Waals surface area (Å²) in [4.78, 5) is 48.6. The van der Waals surface area contributed by atoms with Gasteiger partial charge in [-0.25, -0.2) is 0 Å². The first-order valence-electron chi connectivity index (χ1n) is 10.4.